The van der Waals surface area contributed by atoms with Gasteiger partial charge in [-0.15, -0.1) is 0 Å². The molecule has 1 aromatic heterocycles. The zero-order valence-corrected chi connectivity index (χ0v) is 18.7. The zero-order valence-electron chi connectivity index (χ0n) is 18.7. The predicted molar refractivity (Wildman–Crippen MR) is 121 cm³/mol. The first kappa shape index (κ1) is 23.8. The number of carbonyl (C=O) groups is 1. The quantitative estimate of drug-likeness (QED) is 0.275. The summed E-state index contributed by atoms with van der Waals surface area (Å²) >= 11 is 0. The number of carbonyl (C=O) groups excluding carboxylic acids is 1. The molecule has 0 unspecified atom stereocenters. The molecule has 2 aromatic rings. The Morgan fingerprint density at radius 1 is 0.933 bits per heavy atom. The van der Waals surface area contributed by atoms with E-state index < -0.39 is 0 Å². The van der Waals surface area contributed by atoms with Crippen molar-refractivity contribution in [1.29, 1.82) is 0 Å². The third kappa shape index (κ3) is 8.93. The van der Waals surface area contributed by atoms with Crippen LogP contribution in [0.3, 0.4) is 0 Å². The Bertz CT molecular complexity index is 729. The monoisotopic (exact) mass is 412 g/mol. The molecule has 0 bridgehead atoms. The Kier molecular flexibility index (Phi) is 10.9. The number of nitrogens with zero attached hydrogens (tertiary/aromatic N) is 2. The van der Waals surface area contributed by atoms with Crippen LogP contribution in [0.2, 0.25) is 0 Å². The van der Waals surface area contributed by atoms with Crippen molar-refractivity contribution in [3.8, 4) is 17.1 Å². The van der Waals surface area contributed by atoms with Crippen LogP contribution in [0.15, 0.2) is 36.7 Å². The van der Waals surface area contributed by atoms with Crippen molar-refractivity contribution in [1.82, 2.24) is 9.97 Å². The van der Waals surface area contributed by atoms with Crippen LogP contribution < -0.4 is 4.74 Å². The number of benzene rings is 1. The minimum Gasteiger partial charge on any atom is -0.490 e. The molecule has 30 heavy (non-hydrogen) atoms. The SMILES string of the molecule is CCCCCCCCc1cnc(-c2ccc(OC[C@H](C)OC(=O)CCC)cc2)nc1. The molecule has 5 nitrogen and oxygen atoms in total. The molecule has 1 heterocycles. The lowest BCUT2D eigenvalue weighted by atomic mass is 10.1. The van der Waals surface area contributed by atoms with Crippen LogP contribution in [-0.4, -0.2) is 28.6 Å². The molecule has 5 heteroatoms. The third-order valence-electron chi connectivity index (χ3n) is 4.91. The molecule has 0 saturated heterocycles. The summed E-state index contributed by atoms with van der Waals surface area (Å²) in [5.74, 6) is 1.27. The van der Waals surface area contributed by atoms with E-state index in [-0.39, 0.29) is 12.1 Å². The fraction of sp³-hybridized carbons (Fsp3) is 0.560. The van der Waals surface area contributed by atoms with Crippen LogP contribution in [0.5, 0.6) is 5.75 Å². The van der Waals surface area contributed by atoms with Gasteiger partial charge in [0.15, 0.2) is 5.82 Å². The van der Waals surface area contributed by atoms with E-state index in [9.17, 15) is 4.79 Å². The number of hydrogen-bond acceptors (Lipinski definition) is 5. The number of aryl methyl sites for hydroxylation is 1. The molecule has 0 spiro atoms. The molecule has 0 amide bonds. The van der Waals surface area contributed by atoms with E-state index >= 15 is 0 Å². The summed E-state index contributed by atoms with van der Waals surface area (Å²) in [6.45, 7) is 6.37. The first-order valence-electron chi connectivity index (χ1n) is 11.4. The van der Waals surface area contributed by atoms with E-state index in [2.05, 4.69) is 16.9 Å². The number of unbranched alkanes of at least 4 members (excludes halogenated alkanes) is 5. The van der Waals surface area contributed by atoms with Gasteiger partial charge in [0, 0.05) is 24.4 Å². The summed E-state index contributed by atoms with van der Waals surface area (Å²) in [6.07, 6.45) is 13.6. The van der Waals surface area contributed by atoms with Gasteiger partial charge in [0.25, 0.3) is 0 Å². The van der Waals surface area contributed by atoms with E-state index in [1.54, 1.807) is 0 Å². The highest BCUT2D eigenvalue weighted by Gasteiger charge is 2.10. The van der Waals surface area contributed by atoms with Gasteiger partial charge in [-0.2, -0.15) is 0 Å². The van der Waals surface area contributed by atoms with Crippen molar-refractivity contribution in [2.75, 3.05) is 6.61 Å². The van der Waals surface area contributed by atoms with E-state index in [1.165, 1.54) is 44.1 Å². The fourth-order valence-electron chi connectivity index (χ4n) is 3.18. The average Bonchev–Trinajstić information content (AvgIpc) is 2.76. The molecular formula is C25H36N2O3. The number of ether oxygens (including phenoxy) is 2. The minimum atomic E-state index is -0.272. The van der Waals surface area contributed by atoms with Gasteiger partial charge in [-0.05, 0) is 56.0 Å². The highest BCUT2D eigenvalue weighted by Crippen LogP contribution is 2.20. The largest absolute Gasteiger partial charge is 0.490 e. The second-order valence-electron chi connectivity index (χ2n) is 7.82. The van der Waals surface area contributed by atoms with Crippen LogP contribution in [-0.2, 0) is 16.0 Å². The Labute approximate surface area is 181 Å². The molecule has 0 radical (unpaired) electrons. The van der Waals surface area contributed by atoms with Gasteiger partial charge in [0.1, 0.15) is 18.5 Å². The molecule has 1 aromatic carbocycles. The third-order valence-corrected chi connectivity index (χ3v) is 4.91. The summed E-state index contributed by atoms with van der Waals surface area (Å²) in [4.78, 5) is 20.6. The van der Waals surface area contributed by atoms with Crippen molar-refractivity contribution in [2.24, 2.45) is 0 Å². The normalized spacial score (nSPS) is 11.8. The lowest BCUT2D eigenvalue weighted by Gasteiger charge is -2.14. The second kappa shape index (κ2) is 13.7. The van der Waals surface area contributed by atoms with Crippen LogP contribution >= 0.6 is 0 Å². The smallest absolute Gasteiger partial charge is 0.306 e. The Morgan fingerprint density at radius 2 is 1.60 bits per heavy atom. The van der Waals surface area contributed by atoms with Crippen molar-refractivity contribution >= 4 is 5.97 Å². The van der Waals surface area contributed by atoms with Crippen LogP contribution in [0.4, 0.5) is 0 Å². The summed E-state index contributed by atoms with van der Waals surface area (Å²) in [5.41, 5.74) is 2.15. The first-order chi connectivity index (χ1) is 14.6. The van der Waals surface area contributed by atoms with Crippen LogP contribution in [0, 0.1) is 0 Å². The highest BCUT2D eigenvalue weighted by atomic mass is 16.6. The van der Waals surface area contributed by atoms with Crippen LogP contribution in [0.25, 0.3) is 11.4 Å². The molecular weight excluding hydrogens is 376 g/mol. The molecule has 0 aliphatic carbocycles. The molecule has 0 saturated carbocycles. The molecule has 0 aliphatic heterocycles. The van der Waals surface area contributed by atoms with Crippen molar-refractivity contribution in [2.45, 2.75) is 84.7 Å². The lowest BCUT2D eigenvalue weighted by molar-refractivity contribution is -0.149. The van der Waals surface area contributed by atoms with Gasteiger partial charge < -0.3 is 9.47 Å². The minimum absolute atomic E-state index is 0.180. The molecule has 0 N–H and O–H groups in total. The van der Waals surface area contributed by atoms with Gasteiger partial charge in [0.05, 0.1) is 0 Å². The topological polar surface area (TPSA) is 61.3 Å². The highest BCUT2D eigenvalue weighted by molar-refractivity contribution is 5.69. The van der Waals surface area contributed by atoms with Crippen molar-refractivity contribution in [3.05, 3.63) is 42.2 Å². The van der Waals surface area contributed by atoms with Crippen molar-refractivity contribution < 1.29 is 14.3 Å². The molecule has 0 fully saturated rings. The standard InChI is InChI=1S/C25H36N2O3/c1-4-6-7-8-9-10-12-21-17-26-25(27-18-21)22-13-15-23(16-14-22)29-19-20(3)30-24(28)11-5-2/h13-18,20H,4-12,19H2,1-3H3/t20-/m0/s1. The van der Waals surface area contributed by atoms with E-state index in [0.29, 0.717) is 13.0 Å². The summed E-state index contributed by atoms with van der Waals surface area (Å²) in [7, 11) is 0. The maximum Gasteiger partial charge on any atom is 0.306 e. The maximum absolute atomic E-state index is 11.5. The van der Waals surface area contributed by atoms with Gasteiger partial charge in [0.2, 0.25) is 0 Å². The second-order valence-corrected chi connectivity index (χ2v) is 7.82. The number of rotatable bonds is 14. The van der Waals surface area contributed by atoms with E-state index in [1.807, 2.05) is 50.5 Å². The van der Waals surface area contributed by atoms with Gasteiger partial charge in [-0.1, -0.05) is 46.0 Å². The van der Waals surface area contributed by atoms with Gasteiger partial charge in [-0.3, -0.25) is 4.79 Å². The number of aromatic nitrogens is 2. The molecule has 1 atom stereocenters. The Morgan fingerprint density at radius 3 is 2.27 bits per heavy atom. The Balaban J connectivity index is 1.76. The maximum atomic E-state index is 11.5. The molecule has 0 aliphatic rings. The Hall–Kier alpha value is -2.43. The van der Waals surface area contributed by atoms with Crippen molar-refractivity contribution in [3.63, 3.8) is 0 Å². The van der Waals surface area contributed by atoms with Gasteiger partial charge in [-0.25, -0.2) is 9.97 Å². The average molecular weight is 413 g/mol. The summed E-state index contributed by atoms with van der Waals surface area (Å²) in [6, 6.07) is 7.69. The first-order valence-corrected chi connectivity index (χ1v) is 11.4. The lowest BCUT2D eigenvalue weighted by Crippen LogP contribution is -2.21. The summed E-state index contributed by atoms with van der Waals surface area (Å²) < 4.78 is 11.0. The molecule has 164 valence electrons. The van der Waals surface area contributed by atoms with Gasteiger partial charge >= 0.3 is 5.97 Å². The van der Waals surface area contributed by atoms with Crippen LogP contribution in [0.1, 0.15) is 77.7 Å². The molecule has 2 rings (SSSR count). The zero-order chi connectivity index (χ0) is 21.6. The number of esters is 1. The van der Waals surface area contributed by atoms with E-state index in [4.69, 9.17) is 9.47 Å². The number of hydrogen-bond donors (Lipinski definition) is 0. The van der Waals surface area contributed by atoms with E-state index in [0.717, 1.165) is 30.0 Å². The fourth-order valence-corrected chi connectivity index (χ4v) is 3.18. The summed E-state index contributed by atoms with van der Waals surface area (Å²) in [5, 5.41) is 0. The predicted octanol–water partition coefficient (Wildman–Crippen LogP) is 6.16.